The molecule has 4 heteroatoms. The van der Waals surface area contributed by atoms with Crippen molar-refractivity contribution in [2.45, 2.75) is 32.1 Å². The second-order valence-corrected chi connectivity index (χ2v) is 4.95. The zero-order valence-corrected chi connectivity index (χ0v) is 11.3. The lowest BCUT2D eigenvalue weighted by Gasteiger charge is -2.19. The Bertz CT molecular complexity index is 395. The van der Waals surface area contributed by atoms with Crippen molar-refractivity contribution in [2.24, 2.45) is 5.73 Å². The maximum absolute atomic E-state index is 12.0. The van der Waals surface area contributed by atoms with Crippen LogP contribution < -0.4 is 10.5 Å². The molecule has 1 aromatic rings. The third kappa shape index (κ3) is 4.24. The van der Waals surface area contributed by atoms with Crippen LogP contribution in [-0.4, -0.2) is 30.6 Å². The second kappa shape index (κ2) is 7.14. The molecule has 0 radical (unpaired) electrons. The van der Waals surface area contributed by atoms with Crippen molar-refractivity contribution >= 4 is 6.09 Å². The molecule has 104 valence electrons. The molecule has 1 aromatic carbocycles. The maximum atomic E-state index is 12.0. The van der Waals surface area contributed by atoms with E-state index >= 15 is 0 Å². The average molecular weight is 262 g/mol. The van der Waals surface area contributed by atoms with Crippen molar-refractivity contribution in [3.05, 3.63) is 29.8 Å². The monoisotopic (exact) mass is 262 g/mol. The molecular formula is C15H22N2O2. The standard InChI is InChI=1S/C15H22N2O2/c16-10-9-13-5-7-14(8-6-13)19-15(18)17-11-3-1-2-4-12-17/h5-8H,1-4,9-12,16H2. The van der Waals surface area contributed by atoms with E-state index in [-0.39, 0.29) is 6.09 Å². The Morgan fingerprint density at radius 3 is 2.32 bits per heavy atom. The van der Waals surface area contributed by atoms with Crippen molar-refractivity contribution < 1.29 is 9.53 Å². The summed E-state index contributed by atoms with van der Waals surface area (Å²) in [5, 5.41) is 0. The molecule has 1 amide bonds. The first-order chi connectivity index (χ1) is 9.29. The Morgan fingerprint density at radius 2 is 1.74 bits per heavy atom. The highest BCUT2D eigenvalue weighted by atomic mass is 16.6. The van der Waals surface area contributed by atoms with Gasteiger partial charge in [-0.2, -0.15) is 0 Å². The minimum absolute atomic E-state index is 0.228. The normalized spacial score (nSPS) is 15.9. The molecule has 1 aliphatic heterocycles. The number of carbonyl (C=O) groups is 1. The smallest absolute Gasteiger partial charge is 0.410 e. The summed E-state index contributed by atoms with van der Waals surface area (Å²) in [5.74, 6) is 0.606. The summed E-state index contributed by atoms with van der Waals surface area (Å²) in [4.78, 5) is 13.8. The predicted octanol–water partition coefficient (Wildman–Crippen LogP) is 2.56. The Hall–Kier alpha value is -1.55. The van der Waals surface area contributed by atoms with Crippen LogP contribution in [0.4, 0.5) is 4.79 Å². The molecule has 0 spiro atoms. The number of benzene rings is 1. The molecule has 1 fully saturated rings. The molecule has 0 bridgehead atoms. The molecule has 0 unspecified atom stereocenters. The summed E-state index contributed by atoms with van der Waals surface area (Å²) < 4.78 is 5.40. The van der Waals surface area contributed by atoms with E-state index in [1.165, 1.54) is 12.8 Å². The van der Waals surface area contributed by atoms with Crippen LogP contribution in [0.3, 0.4) is 0 Å². The van der Waals surface area contributed by atoms with Gasteiger partial charge >= 0.3 is 6.09 Å². The molecule has 2 N–H and O–H groups in total. The fourth-order valence-electron chi connectivity index (χ4n) is 2.31. The van der Waals surface area contributed by atoms with E-state index < -0.39 is 0 Å². The van der Waals surface area contributed by atoms with Gasteiger partial charge in [-0.1, -0.05) is 25.0 Å². The average Bonchev–Trinajstić information content (AvgIpc) is 2.70. The van der Waals surface area contributed by atoms with Crippen molar-refractivity contribution in [1.82, 2.24) is 4.90 Å². The first-order valence-corrected chi connectivity index (χ1v) is 7.05. The minimum Gasteiger partial charge on any atom is -0.410 e. The fourth-order valence-corrected chi connectivity index (χ4v) is 2.31. The van der Waals surface area contributed by atoms with Gasteiger partial charge in [-0.05, 0) is 43.5 Å². The van der Waals surface area contributed by atoms with Crippen molar-refractivity contribution in [3.8, 4) is 5.75 Å². The van der Waals surface area contributed by atoms with Gasteiger partial charge in [0, 0.05) is 13.1 Å². The first-order valence-electron chi connectivity index (χ1n) is 7.05. The highest BCUT2D eigenvalue weighted by Gasteiger charge is 2.17. The van der Waals surface area contributed by atoms with E-state index in [0.29, 0.717) is 12.3 Å². The summed E-state index contributed by atoms with van der Waals surface area (Å²) in [6.07, 6.45) is 5.18. The van der Waals surface area contributed by atoms with E-state index in [4.69, 9.17) is 10.5 Å². The number of likely N-dealkylation sites (tertiary alicyclic amines) is 1. The molecule has 2 rings (SSSR count). The summed E-state index contributed by atoms with van der Waals surface area (Å²) in [5.41, 5.74) is 6.66. The lowest BCUT2D eigenvalue weighted by Crippen LogP contribution is -2.34. The summed E-state index contributed by atoms with van der Waals surface area (Å²) in [6, 6.07) is 7.58. The van der Waals surface area contributed by atoms with Crippen LogP contribution in [0.15, 0.2) is 24.3 Å². The third-order valence-electron chi connectivity index (χ3n) is 3.43. The van der Waals surface area contributed by atoms with Gasteiger partial charge in [0.05, 0.1) is 0 Å². The van der Waals surface area contributed by atoms with Crippen LogP contribution in [0.5, 0.6) is 5.75 Å². The first kappa shape index (κ1) is 13.9. The van der Waals surface area contributed by atoms with Crippen LogP contribution in [0, 0.1) is 0 Å². The van der Waals surface area contributed by atoms with Crippen LogP contribution in [-0.2, 0) is 6.42 Å². The number of hydrogen-bond acceptors (Lipinski definition) is 3. The Labute approximate surface area is 114 Å². The topological polar surface area (TPSA) is 55.6 Å². The molecule has 0 atom stereocenters. The van der Waals surface area contributed by atoms with E-state index in [1.54, 1.807) is 4.90 Å². The van der Waals surface area contributed by atoms with E-state index in [9.17, 15) is 4.79 Å². The molecule has 0 saturated carbocycles. The van der Waals surface area contributed by atoms with Gasteiger partial charge in [-0.15, -0.1) is 0 Å². The lowest BCUT2D eigenvalue weighted by atomic mass is 10.1. The molecule has 0 aliphatic carbocycles. The van der Waals surface area contributed by atoms with Gasteiger partial charge in [-0.3, -0.25) is 0 Å². The van der Waals surface area contributed by atoms with E-state index in [0.717, 1.165) is 37.9 Å². The van der Waals surface area contributed by atoms with Crippen LogP contribution in [0.1, 0.15) is 31.2 Å². The third-order valence-corrected chi connectivity index (χ3v) is 3.43. The molecule has 0 aromatic heterocycles. The molecule has 1 aliphatic rings. The highest BCUT2D eigenvalue weighted by molar-refractivity contribution is 5.70. The number of ether oxygens (including phenoxy) is 1. The fraction of sp³-hybridized carbons (Fsp3) is 0.533. The summed E-state index contributed by atoms with van der Waals surface area (Å²) >= 11 is 0. The zero-order chi connectivity index (χ0) is 13.5. The van der Waals surface area contributed by atoms with Gasteiger partial charge in [0.15, 0.2) is 0 Å². The molecule has 4 nitrogen and oxygen atoms in total. The molecule has 1 heterocycles. The Balaban J connectivity index is 1.90. The Kier molecular flexibility index (Phi) is 5.21. The lowest BCUT2D eigenvalue weighted by molar-refractivity contribution is 0.154. The largest absolute Gasteiger partial charge is 0.415 e. The number of hydrogen-bond donors (Lipinski definition) is 1. The number of nitrogens with zero attached hydrogens (tertiary/aromatic N) is 1. The SMILES string of the molecule is NCCc1ccc(OC(=O)N2CCCCCC2)cc1. The highest BCUT2D eigenvalue weighted by Crippen LogP contribution is 2.16. The van der Waals surface area contributed by atoms with E-state index in [1.807, 2.05) is 24.3 Å². The van der Waals surface area contributed by atoms with Gasteiger partial charge in [0.2, 0.25) is 0 Å². The van der Waals surface area contributed by atoms with Crippen LogP contribution >= 0.6 is 0 Å². The van der Waals surface area contributed by atoms with Crippen molar-refractivity contribution in [3.63, 3.8) is 0 Å². The second-order valence-electron chi connectivity index (χ2n) is 4.95. The van der Waals surface area contributed by atoms with Crippen LogP contribution in [0.2, 0.25) is 0 Å². The molecule has 19 heavy (non-hydrogen) atoms. The summed E-state index contributed by atoms with van der Waals surface area (Å²) in [7, 11) is 0. The number of nitrogens with two attached hydrogens (primary N) is 1. The van der Waals surface area contributed by atoms with Crippen molar-refractivity contribution in [1.29, 1.82) is 0 Å². The quantitative estimate of drug-likeness (QED) is 0.910. The number of carbonyl (C=O) groups excluding carboxylic acids is 1. The summed E-state index contributed by atoms with van der Waals surface area (Å²) in [6.45, 7) is 2.25. The molecular weight excluding hydrogens is 240 g/mol. The van der Waals surface area contributed by atoms with Gasteiger partial charge < -0.3 is 15.4 Å². The van der Waals surface area contributed by atoms with Gasteiger partial charge in [0.1, 0.15) is 5.75 Å². The van der Waals surface area contributed by atoms with E-state index in [2.05, 4.69) is 0 Å². The Morgan fingerprint density at radius 1 is 1.11 bits per heavy atom. The minimum atomic E-state index is -0.228. The zero-order valence-electron chi connectivity index (χ0n) is 11.3. The maximum Gasteiger partial charge on any atom is 0.415 e. The predicted molar refractivity (Wildman–Crippen MR) is 75.3 cm³/mol. The molecule has 1 saturated heterocycles. The van der Waals surface area contributed by atoms with Crippen molar-refractivity contribution in [2.75, 3.05) is 19.6 Å². The van der Waals surface area contributed by atoms with Crippen LogP contribution in [0.25, 0.3) is 0 Å². The number of amides is 1. The number of rotatable bonds is 3. The van der Waals surface area contributed by atoms with Gasteiger partial charge in [-0.25, -0.2) is 4.79 Å². The van der Waals surface area contributed by atoms with Gasteiger partial charge in [0.25, 0.3) is 0 Å².